The number of fused-ring (bicyclic) bond motifs is 1. The zero-order valence-electron chi connectivity index (χ0n) is 10.5. The van der Waals surface area contributed by atoms with E-state index in [0.29, 0.717) is 10.9 Å². The molecule has 0 N–H and O–H groups in total. The molecular formula is C14H17BrN2S. The fourth-order valence-corrected chi connectivity index (χ4v) is 4.58. The summed E-state index contributed by atoms with van der Waals surface area (Å²) in [5.41, 5.74) is 1.12. The van der Waals surface area contributed by atoms with Crippen LogP contribution in [0.3, 0.4) is 0 Å². The van der Waals surface area contributed by atoms with Crippen LogP contribution in [0.5, 0.6) is 0 Å². The van der Waals surface area contributed by atoms with Gasteiger partial charge < -0.3 is 4.90 Å². The number of thiazole rings is 1. The van der Waals surface area contributed by atoms with Crippen molar-refractivity contribution in [2.45, 2.75) is 36.6 Å². The predicted octanol–water partition coefficient (Wildman–Crippen LogP) is 4.44. The highest BCUT2D eigenvalue weighted by Gasteiger charge is 2.27. The minimum Gasteiger partial charge on any atom is -0.347 e. The SMILES string of the molecule is CN(c1nc2ccccc2s1)C1CCCCC1Br. The Kier molecular flexibility index (Phi) is 3.57. The second-order valence-corrected chi connectivity index (χ2v) is 7.13. The van der Waals surface area contributed by atoms with Crippen molar-refractivity contribution in [3.8, 4) is 0 Å². The second-order valence-electron chi connectivity index (χ2n) is 4.94. The standard InChI is InChI=1S/C14H17BrN2S/c1-17(12-8-4-2-6-10(12)15)14-16-11-7-3-5-9-13(11)18-14/h3,5,7,9-10,12H,2,4,6,8H2,1H3. The highest BCUT2D eigenvalue weighted by molar-refractivity contribution is 9.09. The number of halogens is 1. The molecule has 0 amide bonds. The van der Waals surface area contributed by atoms with Gasteiger partial charge in [-0.3, -0.25) is 0 Å². The summed E-state index contributed by atoms with van der Waals surface area (Å²) in [6.07, 6.45) is 5.23. The largest absolute Gasteiger partial charge is 0.347 e. The quantitative estimate of drug-likeness (QED) is 0.759. The topological polar surface area (TPSA) is 16.1 Å². The Bertz CT molecular complexity index is 506. The van der Waals surface area contributed by atoms with Crippen LogP contribution < -0.4 is 4.90 Å². The Labute approximate surface area is 120 Å². The van der Waals surface area contributed by atoms with Crippen LogP contribution in [-0.4, -0.2) is 22.9 Å². The van der Waals surface area contributed by atoms with E-state index in [-0.39, 0.29) is 0 Å². The monoisotopic (exact) mass is 324 g/mol. The first-order valence-electron chi connectivity index (χ1n) is 6.48. The zero-order valence-corrected chi connectivity index (χ0v) is 12.9. The number of aromatic nitrogens is 1. The molecule has 1 aliphatic carbocycles. The van der Waals surface area contributed by atoms with Crippen molar-refractivity contribution >= 4 is 42.6 Å². The first-order valence-corrected chi connectivity index (χ1v) is 8.21. The summed E-state index contributed by atoms with van der Waals surface area (Å²) >= 11 is 5.63. The fraction of sp³-hybridized carbons (Fsp3) is 0.500. The molecule has 0 radical (unpaired) electrons. The summed E-state index contributed by atoms with van der Waals surface area (Å²) < 4.78 is 1.28. The number of para-hydroxylation sites is 1. The molecule has 0 bridgehead atoms. The highest BCUT2D eigenvalue weighted by atomic mass is 79.9. The molecule has 4 heteroatoms. The van der Waals surface area contributed by atoms with E-state index < -0.39 is 0 Å². The molecule has 2 nitrogen and oxygen atoms in total. The first kappa shape index (κ1) is 12.4. The Balaban J connectivity index is 1.88. The summed E-state index contributed by atoms with van der Waals surface area (Å²) in [5.74, 6) is 0. The molecule has 1 heterocycles. The Morgan fingerprint density at radius 1 is 1.28 bits per heavy atom. The van der Waals surface area contributed by atoms with Gasteiger partial charge in [-0.1, -0.05) is 52.2 Å². The van der Waals surface area contributed by atoms with Crippen LogP contribution in [0.1, 0.15) is 25.7 Å². The summed E-state index contributed by atoms with van der Waals surface area (Å²) in [6.45, 7) is 0. The van der Waals surface area contributed by atoms with E-state index in [9.17, 15) is 0 Å². The van der Waals surface area contributed by atoms with Gasteiger partial charge in [0.1, 0.15) is 0 Å². The number of rotatable bonds is 2. The Morgan fingerprint density at radius 2 is 2.06 bits per heavy atom. The van der Waals surface area contributed by atoms with E-state index in [1.807, 2.05) is 0 Å². The number of hydrogen-bond acceptors (Lipinski definition) is 3. The Morgan fingerprint density at radius 3 is 2.83 bits per heavy atom. The maximum absolute atomic E-state index is 4.75. The maximum atomic E-state index is 4.75. The van der Waals surface area contributed by atoms with Crippen LogP contribution in [0.4, 0.5) is 5.13 Å². The van der Waals surface area contributed by atoms with Crippen molar-refractivity contribution in [2.75, 3.05) is 11.9 Å². The summed E-state index contributed by atoms with van der Waals surface area (Å²) in [6, 6.07) is 8.96. The molecule has 0 aliphatic heterocycles. The normalized spacial score (nSPS) is 24.3. The fourth-order valence-electron chi connectivity index (χ4n) is 2.66. The van der Waals surface area contributed by atoms with E-state index in [2.05, 4.69) is 52.1 Å². The lowest BCUT2D eigenvalue weighted by Gasteiger charge is -2.34. The van der Waals surface area contributed by atoms with Crippen molar-refractivity contribution in [3.63, 3.8) is 0 Å². The summed E-state index contributed by atoms with van der Waals surface area (Å²) in [5, 5.41) is 1.15. The average molecular weight is 325 g/mol. The third kappa shape index (κ3) is 2.28. The lowest BCUT2D eigenvalue weighted by atomic mass is 9.94. The molecule has 0 saturated heterocycles. The van der Waals surface area contributed by atoms with Crippen LogP contribution in [0, 0.1) is 0 Å². The highest BCUT2D eigenvalue weighted by Crippen LogP contribution is 2.34. The number of hydrogen-bond donors (Lipinski definition) is 0. The van der Waals surface area contributed by atoms with E-state index in [1.165, 1.54) is 30.4 Å². The van der Waals surface area contributed by atoms with E-state index in [4.69, 9.17) is 4.98 Å². The van der Waals surface area contributed by atoms with Crippen LogP contribution >= 0.6 is 27.3 Å². The van der Waals surface area contributed by atoms with Crippen LogP contribution in [-0.2, 0) is 0 Å². The van der Waals surface area contributed by atoms with Crippen molar-refractivity contribution in [3.05, 3.63) is 24.3 Å². The minimum absolute atomic E-state index is 0.583. The van der Waals surface area contributed by atoms with Crippen molar-refractivity contribution in [2.24, 2.45) is 0 Å². The molecule has 3 rings (SSSR count). The summed E-state index contributed by atoms with van der Waals surface area (Å²) in [7, 11) is 2.18. The van der Waals surface area contributed by atoms with Crippen LogP contribution in [0.25, 0.3) is 10.2 Å². The molecule has 1 aliphatic rings. The average Bonchev–Trinajstić information content (AvgIpc) is 2.82. The molecule has 2 unspecified atom stereocenters. The minimum atomic E-state index is 0.583. The molecule has 18 heavy (non-hydrogen) atoms. The first-order chi connectivity index (χ1) is 8.75. The van der Waals surface area contributed by atoms with Crippen LogP contribution in [0.2, 0.25) is 0 Å². The van der Waals surface area contributed by atoms with Gasteiger partial charge in [0.05, 0.1) is 10.2 Å². The number of nitrogens with zero attached hydrogens (tertiary/aromatic N) is 2. The van der Waals surface area contributed by atoms with E-state index in [1.54, 1.807) is 11.3 Å². The van der Waals surface area contributed by atoms with Crippen molar-refractivity contribution < 1.29 is 0 Å². The maximum Gasteiger partial charge on any atom is 0.186 e. The summed E-state index contributed by atoms with van der Waals surface area (Å²) in [4.78, 5) is 7.71. The number of benzene rings is 1. The molecule has 1 aromatic carbocycles. The molecular weight excluding hydrogens is 308 g/mol. The number of anilines is 1. The van der Waals surface area contributed by atoms with Gasteiger partial charge in [0.25, 0.3) is 0 Å². The van der Waals surface area contributed by atoms with Gasteiger partial charge >= 0.3 is 0 Å². The molecule has 1 aromatic heterocycles. The number of alkyl halides is 1. The van der Waals surface area contributed by atoms with Crippen molar-refractivity contribution in [1.82, 2.24) is 4.98 Å². The van der Waals surface area contributed by atoms with Gasteiger partial charge in [-0.15, -0.1) is 0 Å². The predicted molar refractivity (Wildman–Crippen MR) is 83.0 cm³/mol. The van der Waals surface area contributed by atoms with Gasteiger partial charge in [-0.05, 0) is 25.0 Å². The molecule has 1 fully saturated rings. The smallest absolute Gasteiger partial charge is 0.186 e. The molecule has 96 valence electrons. The van der Waals surface area contributed by atoms with Gasteiger partial charge in [-0.25, -0.2) is 4.98 Å². The van der Waals surface area contributed by atoms with Gasteiger partial charge in [-0.2, -0.15) is 0 Å². The zero-order chi connectivity index (χ0) is 12.5. The van der Waals surface area contributed by atoms with Crippen LogP contribution in [0.15, 0.2) is 24.3 Å². The third-order valence-corrected chi connectivity index (χ3v) is 5.92. The molecule has 2 aromatic rings. The lowest BCUT2D eigenvalue weighted by molar-refractivity contribution is 0.444. The molecule has 1 saturated carbocycles. The third-order valence-electron chi connectivity index (χ3n) is 3.73. The molecule has 2 atom stereocenters. The van der Waals surface area contributed by atoms with Gasteiger partial charge in [0.2, 0.25) is 0 Å². The van der Waals surface area contributed by atoms with Crippen molar-refractivity contribution in [1.29, 1.82) is 0 Å². The van der Waals surface area contributed by atoms with E-state index >= 15 is 0 Å². The lowest BCUT2D eigenvalue weighted by Crippen LogP contribution is -2.40. The molecule has 0 spiro atoms. The second kappa shape index (κ2) is 5.17. The van der Waals surface area contributed by atoms with E-state index in [0.717, 1.165) is 10.6 Å². The van der Waals surface area contributed by atoms with Gasteiger partial charge in [0, 0.05) is 17.9 Å². The Hall–Kier alpha value is -0.610. The van der Waals surface area contributed by atoms with Gasteiger partial charge in [0.15, 0.2) is 5.13 Å².